The first-order chi connectivity index (χ1) is 12.5. The molecule has 0 aromatic heterocycles. The van der Waals surface area contributed by atoms with Gasteiger partial charge in [0.1, 0.15) is 11.8 Å². The number of nitrogens with one attached hydrogen (secondary N) is 1. The second-order valence-corrected chi connectivity index (χ2v) is 7.44. The number of methoxy groups -OCH3 is 1. The van der Waals surface area contributed by atoms with E-state index >= 15 is 0 Å². The Bertz CT molecular complexity index is 678. The van der Waals surface area contributed by atoms with Crippen molar-refractivity contribution in [3.63, 3.8) is 0 Å². The van der Waals surface area contributed by atoms with Crippen LogP contribution in [-0.2, 0) is 9.47 Å². The summed E-state index contributed by atoms with van der Waals surface area (Å²) in [5.41, 5.74) is 0.0993. The number of carbonyl (C=O) groups excluding carboxylic acids is 1. The fraction of sp³-hybridized carbons (Fsp3) is 0.500. The molecular weight excluding hydrogens is 384 g/mol. The van der Waals surface area contributed by atoms with Crippen LogP contribution in [-0.4, -0.2) is 62.2 Å². The summed E-state index contributed by atoms with van der Waals surface area (Å²) in [6.45, 7) is 1.60. The van der Waals surface area contributed by atoms with E-state index in [1.54, 1.807) is 16.7 Å². The molecule has 2 aliphatic rings. The van der Waals surface area contributed by atoms with E-state index in [1.807, 2.05) is 0 Å². The lowest BCUT2D eigenvalue weighted by molar-refractivity contribution is 0.142. The summed E-state index contributed by atoms with van der Waals surface area (Å²) in [6.07, 6.45) is -1.15. The Balaban J connectivity index is 1.73. The molecule has 0 bridgehead atoms. The molecule has 2 saturated heterocycles. The van der Waals surface area contributed by atoms with Crippen molar-refractivity contribution < 1.29 is 23.0 Å². The fourth-order valence-electron chi connectivity index (χ4n) is 2.91. The van der Waals surface area contributed by atoms with Gasteiger partial charge >= 0.3 is 6.09 Å². The molecule has 2 fully saturated rings. The van der Waals surface area contributed by atoms with Crippen molar-refractivity contribution in [2.75, 3.05) is 54.6 Å². The van der Waals surface area contributed by atoms with Gasteiger partial charge in [0.25, 0.3) is 5.17 Å². The van der Waals surface area contributed by atoms with E-state index in [-0.39, 0.29) is 29.6 Å². The minimum absolute atomic E-state index is 0.0368. The molecule has 1 atom stereocenters. The summed E-state index contributed by atoms with van der Waals surface area (Å²) in [7, 11) is 1.43. The summed E-state index contributed by atoms with van der Waals surface area (Å²) in [6, 6.07) is 2.36. The lowest BCUT2D eigenvalue weighted by Gasteiger charge is -2.29. The largest absolute Gasteiger partial charge is 0.474 e. The third-order valence-corrected chi connectivity index (χ3v) is 5.43. The molecule has 0 aliphatic carbocycles. The van der Waals surface area contributed by atoms with Crippen LogP contribution in [0.2, 0.25) is 0 Å². The zero-order valence-electron chi connectivity index (χ0n) is 14.2. The van der Waals surface area contributed by atoms with Crippen molar-refractivity contribution in [2.24, 2.45) is 0 Å². The highest BCUT2D eigenvalue weighted by Crippen LogP contribution is 2.32. The Morgan fingerprint density at radius 3 is 2.65 bits per heavy atom. The Labute approximate surface area is 159 Å². The molecule has 3 rings (SSSR count). The average Bonchev–Trinajstić information content (AvgIpc) is 3.00. The highest BCUT2D eigenvalue weighted by molar-refractivity contribution is 7.99. The maximum Gasteiger partial charge on any atom is 0.414 e. The predicted octanol–water partition coefficient (Wildman–Crippen LogP) is 2.36. The van der Waals surface area contributed by atoms with Crippen molar-refractivity contribution in [3.05, 3.63) is 23.8 Å². The van der Waals surface area contributed by atoms with E-state index in [4.69, 9.17) is 21.7 Å². The van der Waals surface area contributed by atoms with E-state index in [9.17, 15) is 13.6 Å². The van der Waals surface area contributed by atoms with Gasteiger partial charge in [-0.15, -0.1) is 0 Å². The van der Waals surface area contributed by atoms with Gasteiger partial charge in [0, 0.05) is 36.7 Å². The quantitative estimate of drug-likeness (QED) is 0.775. The highest BCUT2D eigenvalue weighted by Gasteiger charge is 2.33. The van der Waals surface area contributed by atoms with Crippen LogP contribution < -0.4 is 15.1 Å². The Morgan fingerprint density at radius 1 is 1.38 bits per heavy atom. The molecule has 1 aromatic rings. The summed E-state index contributed by atoms with van der Waals surface area (Å²) in [5.74, 6) is 0.303. The van der Waals surface area contributed by atoms with Crippen LogP contribution in [0.3, 0.4) is 0 Å². The van der Waals surface area contributed by atoms with Crippen molar-refractivity contribution in [1.29, 1.82) is 0 Å². The first-order valence-corrected chi connectivity index (χ1v) is 9.67. The summed E-state index contributed by atoms with van der Waals surface area (Å²) in [4.78, 5) is 15.0. The maximum absolute atomic E-state index is 14.6. The SMILES string of the molecule is COC(=S)NCC1CN(c2cc(F)c(N3CCSCC3)c(F)c2)C(=O)O1. The van der Waals surface area contributed by atoms with E-state index in [0.29, 0.717) is 13.1 Å². The molecule has 0 saturated carbocycles. The molecule has 10 heteroatoms. The highest BCUT2D eigenvalue weighted by atomic mass is 32.2. The zero-order valence-corrected chi connectivity index (χ0v) is 15.8. The number of rotatable bonds is 4. The minimum atomic E-state index is -0.679. The summed E-state index contributed by atoms with van der Waals surface area (Å²) < 4.78 is 39.1. The first-order valence-electron chi connectivity index (χ1n) is 8.11. The fourth-order valence-corrected chi connectivity index (χ4v) is 3.89. The van der Waals surface area contributed by atoms with Crippen LogP contribution >= 0.6 is 24.0 Å². The normalized spacial score (nSPS) is 20.1. The Hall–Kier alpha value is -1.81. The first kappa shape index (κ1) is 19.0. The number of hydrogen-bond donors (Lipinski definition) is 1. The summed E-state index contributed by atoms with van der Waals surface area (Å²) >= 11 is 6.62. The van der Waals surface area contributed by atoms with E-state index < -0.39 is 23.8 Å². The molecule has 1 N–H and O–H groups in total. The number of halogens is 2. The van der Waals surface area contributed by atoms with Crippen molar-refractivity contribution in [2.45, 2.75) is 6.10 Å². The Kier molecular flexibility index (Phi) is 6.02. The third-order valence-electron chi connectivity index (χ3n) is 4.17. The molecule has 2 heterocycles. The molecule has 142 valence electrons. The van der Waals surface area contributed by atoms with Gasteiger partial charge in [-0.2, -0.15) is 11.8 Å². The zero-order chi connectivity index (χ0) is 18.7. The van der Waals surface area contributed by atoms with E-state index in [0.717, 1.165) is 11.5 Å². The number of cyclic esters (lactones) is 1. The number of thiocarbonyl (C=S) groups is 1. The smallest absolute Gasteiger partial charge is 0.414 e. The third kappa shape index (κ3) is 4.12. The van der Waals surface area contributed by atoms with E-state index in [2.05, 4.69) is 5.32 Å². The summed E-state index contributed by atoms with van der Waals surface area (Å²) in [5, 5.41) is 2.97. The number of ether oxygens (including phenoxy) is 2. The van der Waals surface area contributed by atoms with Gasteiger partial charge in [0.05, 0.1) is 25.9 Å². The molecule has 26 heavy (non-hydrogen) atoms. The number of thioether (sulfide) groups is 1. The van der Waals surface area contributed by atoms with Gasteiger partial charge in [-0.1, -0.05) is 0 Å². The topological polar surface area (TPSA) is 54.0 Å². The number of benzene rings is 1. The van der Waals surface area contributed by atoms with Gasteiger partial charge in [0.15, 0.2) is 11.6 Å². The van der Waals surface area contributed by atoms with Gasteiger partial charge in [-0.05, 0) is 12.2 Å². The lowest BCUT2D eigenvalue weighted by Crippen LogP contribution is -2.35. The van der Waals surface area contributed by atoms with Crippen molar-refractivity contribution in [3.8, 4) is 0 Å². The molecule has 1 amide bonds. The van der Waals surface area contributed by atoms with Crippen molar-refractivity contribution in [1.82, 2.24) is 5.32 Å². The van der Waals surface area contributed by atoms with Crippen molar-refractivity contribution >= 4 is 46.6 Å². The minimum Gasteiger partial charge on any atom is -0.474 e. The second kappa shape index (κ2) is 8.26. The number of hydrogen-bond acceptors (Lipinski definition) is 6. The second-order valence-electron chi connectivity index (χ2n) is 5.85. The standard InChI is InChI=1S/C16H19F2N3O3S2/c1-23-15(25)19-8-11-9-21(16(22)24-11)10-6-12(17)14(13(18)7-10)20-2-4-26-5-3-20/h6-7,11H,2-5,8-9H2,1H3,(H,19,25). The molecular formula is C16H19F2N3O3S2. The van der Waals surface area contributed by atoms with Gasteiger partial charge in [0.2, 0.25) is 0 Å². The number of anilines is 2. The molecule has 0 radical (unpaired) electrons. The van der Waals surface area contributed by atoms with Crippen LogP contribution in [0.1, 0.15) is 0 Å². The van der Waals surface area contributed by atoms with Gasteiger partial charge in [-0.25, -0.2) is 13.6 Å². The van der Waals surface area contributed by atoms with Crippen LogP contribution in [0.25, 0.3) is 0 Å². The van der Waals surface area contributed by atoms with Crippen LogP contribution in [0, 0.1) is 11.6 Å². The van der Waals surface area contributed by atoms with Crippen LogP contribution in [0.5, 0.6) is 0 Å². The van der Waals surface area contributed by atoms with Crippen LogP contribution in [0.4, 0.5) is 25.0 Å². The molecule has 1 unspecified atom stereocenters. The molecule has 6 nitrogen and oxygen atoms in total. The number of carbonyl (C=O) groups is 1. The van der Waals surface area contributed by atoms with Gasteiger partial charge < -0.3 is 19.7 Å². The van der Waals surface area contributed by atoms with E-state index in [1.165, 1.54) is 24.1 Å². The Morgan fingerprint density at radius 2 is 2.04 bits per heavy atom. The lowest BCUT2D eigenvalue weighted by atomic mass is 10.2. The maximum atomic E-state index is 14.6. The monoisotopic (exact) mass is 403 g/mol. The number of amides is 1. The van der Waals surface area contributed by atoms with Crippen LogP contribution in [0.15, 0.2) is 12.1 Å². The van der Waals surface area contributed by atoms with Gasteiger partial charge in [-0.3, -0.25) is 4.90 Å². The molecule has 2 aliphatic heterocycles. The molecule has 0 spiro atoms. The molecule has 1 aromatic carbocycles. The average molecular weight is 403 g/mol. The number of nitrogens with zero attached hydrogens (tertiary/aromatic N) is 2. The predicted molar refractivity (Wildman–Crippen MR) is 101 cm³/mol.